The van der Waals surface area contributed by atoms with E-state index in [9.17, 15) is 18.0 Å². The maximum atomic E-state index is 16.2. The van der Waals surface area contributed by atoms with Gasteiger partial charge in [-0.25, -0.2) is 18.1 Å². The van der Waals surface area contributed by atoms with Gasteiger partial charge in [-0.15, -0.1) is 11.3 Å². The Morgan fingerprint density at radius 2 is 1.64 bits per heavy atom. The Kier molecular flexibility index (Phi) is 8.19. The summed E-state index contributed by atoms with van der Waals surface area (Å²) in [6.45, 7) is 5.20. The number of nitrogens with one attached hydrogen (secondary N) is 2. The average molecular weight is 620 g/mol. The highest BCUT2D eigenvalue weighted by molar-refractivity contribution is 7.89. The van der Waals surface area contributed by atoms with Crippen molar-refractivity contribution >= 4 is 44.0 Å². The summed E-state index contributed by atoms with van der Waals surface area (Å²) in [5.41, 5.74) is -0.842. The molecule has 0 aliphatic heterocycles. The van der Waals surface area contributed by atoms with Gasteiger partial charge in [-0.05, 0) is 57.9 Å². The highest BCUT2D eigenvalue weighted by Gasteiger charge is 2.46. The molecule has 1 amide bonds. The first-order valence-electron chi connectivity index (χ1n) is 14.2. The Morgan fingerprint density at radius 1 is 1.00 bits per heavy atom. The zero-order valence-electron chi connectivity index (χ0n) is 23.7. The molecule has 0 spiro atoms. The molecule has 2 saturated carbocycles. The number of carbonyl (C=O) groups excluding carboxylic acids is 1. The van der Waals surface area contributed by atoms with Crippen LogP contribution in [0.2, 0.25) is 0 Å². The van der Waals surface area contributed by atoms with Gasteiger partial charge in [0.05, 0.1) is 15.7 Å². The lowest BCUT2D eigenvalue weighted by Gasteiger charge is -2.32. The molecule has 12 heteroatoms. The molecule has 2 aliphatic rings. The monoisotopic (exact) mass is 619 g/mol. The van der Waals surface area contributed by atoms with Crippen LogP contribution in [0.15, 0.2) is 41.3 Å². The molecule has 0 atom stereocenters. The smallest absolute Gasteiger partial charge is 0.306 e. The predicted molar refractivity (Wildman–Crippen MR) is 157 cm³/mol. The Bertz CT molecular complexity index is 1620. The van der Waals surface area contributed by atoms with E-state index in [0.29, 0.717) is 42.0 Å². The van der Waals surface area contributed by atoms with Crippen LogP contribution >= 0.6 is 11.3 Å². The van der Waals surface area contributed by atoms with Crippen LogP contribution in [0.1, 0.15) is 81.2 Å². The first kappa shape index (κ1) is 30.5. The zero-order chi connectivity index (χ0) is 30.4. The summed E-state index contributed by atoms with van der Waals surface area (Å²) in [5.74, 6) is -6.33. The number of amides is 1. The molecule has 0 radical (unpaired) electrons. The van der Waals surface area contributed by atoms with Gasteiger partial charge in [0.1, 0.15) is 5.69 Å². The second-order valence-electron chi connectivity index (χ2n) is 12.3. The average Bonchev–Trinajstić information content (AvgIpc) is 3.35. The van der Waals surface area contributed by atoms with Crippen molar-refractivity contribution < 1.29 is 31.9 Å². The number of aromatic nitrogens is 1. The number of halogens is 2. The normalized spacial score (nSPS) is 20.3. The number of carbonyl (C=O) groups is 2. The maximum Gasteiger partial charge on any atom is 0.306 e. The molecule has 1 aromatic heterocycles. The lowest BCUT2D eigenvalue weighted by Crippen LogP contribution is -2.46. The van der Waals surface area contributed by atoms with Crippen LogP contribution in [0.25, 0.3) is 21.2 Å². The Hall–Kier alpha value is -2.96. The molecule has 5 rings (SSSR count). The number of aliphatic carboxylic acids is 1. The summed E-state index contributed by atoms with van der Waals surface area (Å²) >= 11 is 0.849. The van der Waals surface area contributed by atoms with Crippen LogP contribution in [-0.4, -0.2) is 42.0 Å². The molecule has 42 heavy (non-hydrogen) atoms. The number of fused-ring (bicyclic) bond motifs is 1. The van der Waals surface area contributed by atoms with Gasteiger partial charge >= 0.3 is 5.97 Å². The summed E-state index contributed by atoms with van der Waals surface area (Å²) < 4.78 is 61.7. The number of nitrogens with zero attached hydrogens (tertiary/aromatic N) is 1. The fourth-order valence-corrected chi connectivity index (χ4v) is 8.51. The van der Waals surface area contributed by atoms with E-state index in [1.54, 1.807) is 45.0 Å². The summed E-state index contributed by atoms with van der Waals surface area (Å²) in [7, 11) is -3.94. The quantitative estimate of drug-likeness (QED) is 0.272. The van der Waals surface area contributed by atoms with Crippen molar-refractivity contribution in [2.45, 2.75) is 88.1 Å². The van der Waals surface area contributed by atoms with Gasteiger partial charge in [-0.2, -0.15) is 8.78 Å². The van der Waals surface area contributed by atoms with Crippen molar-refractivity contribution in [3.05, 3.63) is 47.1 Å². The number of benzene rings is 2. The van der Waals surface area contributed by atoms with Gasteiger partial charge in [-0.3, -0.25) is 9.59 Å². The first-order valence-corrected chi connectivity index (χ1v) is 16.5. The number of hydrogen-bond acceptors (Lipinski definition) is 6. The minimum absolute atomic E-state index is 0.0258. The lowest BCUT2D eigenvalue weighted by molar-refractivity contribution is -0.145. The molecule has 0 saturated heterocycles. The predicted octanol–water partition coefficient (Wildman–Crippen LogP) is 6.31. The van der Waals surface area contributed by atoms with Crippen LogP contribution in [0.5, 0.6) is 0 Å². The number of sulfonamides is 1. The van der Waals surface area contributed by atoms with E-state index in [0.717, 1.165) is 17.8 Å². The van der Waals surface area contributed by atoms with Gasteiger partial charge in [-0.1, -0.05) is 49.6 Å². The minimum Gasteiger partial charge on any atom is -0.481 e. The molecule has 2 fully saturated rings. The molecule has 2 aromatic carbocycles. The number of hydrogen-bond donors (Lipinski definition) is 3. The van der Waals surface area contributed by atoms with Crippen molar-refractivity contribution in [1.82, 2.24) is 15.0 Å². The molecule has 0 unspecified atom stereocenters. The van der Waals surface area contributed by atoms with E-state index in [1.807, 2.05) is 0 Å². The molecule has 8 nitrogen and oxygen atoms in total. The summed E-state index contributed by atoms with van der Waals surface area (Å²) in [6.07, 6.45) is 3.51. The molecule has 3 N–H and O–H groups in total. The third kappa shape index (κ3) is 6.07. The molecular weight excluding hydrogens is 584 g/mol. The molecule has 0 bridgehead atoms. The fraction of sp³-hybridized carbons (Fsp3) is 0.500. The largest absolute Gasteiger partial charge is 0.481 e. The maximum absolute atomic E-state index is 16.2. The van der Waals surface area contributed by atoms with Gasteiger partial charge in [0.25, 0.3) is 11.8 Å². The molecular formula is C30H35F2N3O5S2. The van der Waals surface area contributed by atoms with Crippen molar-refractivity contribution in [2.75, 3.05) is 0 Å². The topological polar surface area (TPSA) is 125 Å². The standard InChI is InChI=1S/C30H35F2N3O5S2/c1-29(2,3)35-42(39,40)23-14-13-22(20-11-7-8-12-21(20)23)24-25(30(31,32)18-9-5-4-6-10-18)34-27(41-24)26(36)33-19-15-17(16-19)28(37)38/h7-8,11-14,17-19,35H,4-6,9-10,15-16H2,1-3H3,(H,33,36)(H,37,38)/t17-,19-. The second kappa shape index (κ2) is 11.3. The van der Waals surface area contributed by atoms with E-state index in [2.05, 4.69) is 15.0 Å². The second-order valence-corrected chi connectivity index (χ2v) is 15.0. The third-order valence-electron chi connectivity index (χ3n) is 7.94. The highest BCUT2D eigenvalue weighted by Crippen LogP contribution is 2.49. The van der Waals surface area contributed by atoms with Crippen LogP contribution in [0.4, 0.5) is 8.78 Å². The molecule has 3 aromatic rings. The van der Waals surface area contributed by atoms with Gasteiger partial charge < -0.3 is 10.4 Å². The Morgan fingerprint density at radius 3 is 2.26 bits per heavy atom. The van der Waals surface area contributed by atoms with Crippen molar-refractivity contribution in [3.8, 4) is 10.4 Å². The number of alkyl halides is 2. The molecule has 2 aliphatic carbocycles. The number of carboxylic acid groups (broad SMARTS) is 1. The Balaban J connectivity index is 1.60. The summed E-state index contributed by atoms with van der Waals surface area (Å²) in [5, 5.41) is 12.6. The van der Waals surface area contributed by atoms with Gasteiger partial charge in [0.2, 0.25) is 10.0 Å². The van der Waals surface area contributed by atoms with Crippen molar-refractivity contribution in [1.29, 1.82) is 0 Å². The first-order chi connectivity index (χ1) is 19.7. The lowest BCUT2D eigenvalue weighted by atomic mass is 9.80. The van der Waals surface area contributed by atoms with E-state index < -0.39 is 50.9 Å². The SMILES string of the molecule is CC(C)(C)NS(=O)(=O)c1ccc(-c2sc(C(=O)N[C@H]3C[C@H](C(=O)O)C3)nc2C(F)(F)C2CCCCC2)c2ccccc12. The number of thiazole rings is 1. The third-order valence-corrected chi connectivity index (χ3v) is 10.8. The van der Waals surface area contributed by atoms with E-state index in [4.69, 9.17) is 5.11 Å². The van der Waals surface area contributed by atoms with Crippen molar-refractivity contribution in [3.63, 3.8) is 0 Å². The number of carboxylic acids is 1. The number of rotatable bonds is 8. The fourth-order valence-electron chi connectivity index (χ4n) is 5.83. The zero-order valence-corrected chi connectivity index (χ0v) is 25.4. The minimum atomic E-state index is -3.94. The van der Waals surface area contributed by atoms with E-state index >= 15 is 8.78 Å². The van der Waals surface area contributed by atoms with E-state index in [-0.39, 0.29) is 33.7 Å². The van der Waals surface area contributed by atoms with E-state index in [1.165, 1.54) is 12.1 Å². The summed E-state index contributed by atoms with van der Waals surface area (Å²) in [4.78, 5) is 28.7. The van der Waals surface area contributed by atoms with Crippen LogP contribution in [-0.2, 0) is 20.7 Å². The Labute approximate surface area is 248 Å². The van der Waals surface area contributed by atoms with Crippen LogP contribution < -0.4 is 10.0 Å². The highest BCUT2D eigenvalue weighted by atomic mass is 32.2. The summed E-state index contributed by atoms with van der Waals surface area (Å²) in [6, 6.07) is 9.28. The van der Waals surface area contributed by atoms with Gasteiger partial charge in [0, 0.05) is 28.4 Å². The van der Waals surface area contributed by atoms with Crippen molar-refractivity contribution in [2.24, 2.45) is 11.8 Å². The van der Waals surface area contributed by atoms with Crippen LogP contribution in [0, 0.1) is 11.8 Å². The van der Waals surface area contributed by atoms with Gasteiger partial charge in [0.15, 0.2) is 5.01 Å². The molecule has 226 valence electrons. The van der Waals surface area contributed by atoms with Crippen LogP contribution in [0.3, 0.4) is 0 Å². The molecule has 1 heterocycles.